The van der Waals surface area contributed by atoms with Crippen molar-refractivity contribution in [1.29, 1.82) is 0 Å². The van der Waals surface area contributed by atoms with E-state index in [0.29, 0.717) is 25.2 Å². The van der Waals surface area contributed by atoms with Gasteiger partial charge in [-0.1, -0.05) is 42.5 Å². The van der Waals surface area contributed by atoms with Crippen molar-refractivity contribution in [2.24, 2.45) is 5.73 Å². The highest BCUT2D eigenvalue weighted by atomic mass is 35.5. The predicted molar refractivity (Wildman–Crippen MR) is 118 cm³/mol. The van der Waals surface area contributed by atoms with Gasteiger partial charge in [0, 0.05) is 36.3 Å². The Morgan fingerprint density at radius 1 is 1.07 bits per heavy atom. The Balaban J connectivity index is 0.00000240. The van der Waals surface area contributed by atoms with Crippen LogP contribution in [-0.2, 0) is 6.54 Å². The third-order valence-corrected chi connectivity index (χ3v) is 5.52. The number of likely N-dealkylation sites (tertiary alicyclic amines) is 1. The minimum Gasteiger partial charge on any atom is -0.336 e. The molecule has 0 aliphatic carbocycles. The first-order chi connectivity index (χ1) is 13.5. The number of carbonyl (C=O) groups excluding carboxylic acids is 1. The normalized spacial score (nSPS) is 18.5. The molecule has 0 saturated carbocycles. The molecule has 152 valence electrons. The smallest absolute Gasteiger partial charge is 0.253 e. The van der Waals surface area contributed by atoms with Crippen molar-refractivity contribution in [2.45, 2.75) is 32.4 Å². The minimum absolute atomic E-state index is 0. The Bertz CT molecular complexity index is 968. The van der Waals surface area contributed by atoms with Crippen LogP contribution in [0.3, 0.4) is 0 Å². The van der Waals surface area contributed by atoms with Gasteiger partial charge in [-0.25, -0.2) is 0 Å². The summed E-state index contributed by atoms with van der Waals surface area (Å²) in [6.07, 6.45) is 0. The number of hydrogen-bond acceptors (Lipinski definition) is 3. The highest BCUT2D eigenvalue weighted by molar-refractivity contribution is 5.94. The molecule has 1 saturated heterocycles. The van der Waals surface area contributed by atoms with Crippen LogP contribution in [0.25, 0.3) is 0 Å². The molecule has 0 unspecified atom stereocenters. The molecule has 1 aliphatic rings. The Labute approximate surface area is 177 Å². The van der Waals surface area contributed by atoms with Gasteiger partial charge in [0.05, 0.1) is 12.2 Å². The molecule has 5 nitrogen and oxygen atoms in total. The zero-order valence-electron chi connectivity index (χ0n) is 16.8. The fourth-order valence-electron chi connectivity index (χ4n) is 3.99. The van der Waals surface area contributed by atoms with E-state index in [4.69, 9.17) is 5.73 Å². The van der Waals surface area contributed by atoms with E-state index in [1.807, 2.05) is 59.0 Å². The van der Waals surface area contributed by atoms with Crippen LogP contribution in [0.4, 0.5) is 0 Å². The second-order valence-corrected chi connectivity index (χ2v) is 7.67. The van der Waals surface area contributed by atoms with Crippen molar-refractivity contribution in [1.82, 2.24) is 14.7 Å². The maximum Gasteiger partial charge on any atom is 0.253 e. The van der Waals surface area contributed by atoms with Crippen LogP contribution in [0, 0.1) is 13.8 Å². The van der Waals surface area contributed by atoms with Crippen LogP contribution in [0.2, 0.25) is 0 Å². The summed E-state index contributed by atoms with van der Waals surface area (Å²) in [4.78, 5) is 14.8. The van der Waals surface area contributed by atoms with Gasteiger partial charge in [-0.2, -0.15) is 5.10 Å². The van der Waals surface area contributed by atoms with Gasteiger partial charge in [-0.15, -0.1) is 12.4 Å². The van der Waals surface area contributed by atoms with Crippen LogP contribution in [0.1, 0.15) is 38.8 Å². The lowest BCUT2D eigenvalue weighted by atomic mass is 9.95. The molecule has 4 rings (SSSR count). The fourth-order valence-corrected chi connectivity index (χ4v) is 3.99. The van der Waals surface area contributed by atoms with E-state index in [2.05, 4.69) is 30.2 Å². The summed E-state index contributed by atoms with van der Waals surface area (Å²) in [5.41, 5.74) is 11.5. The van der Waals surface area contributed by atoms with Crippen LogP contribution in [0.15, 0.2) is 60.7 Å². The number of aryl methyl sites for hydroxylation is 2. The molecule has 2 N–H and O–H groups in total. The Morgan fingerprint density at radius 2 is 1.76 bits per heavy atom. The third kappa shape index (κ3) is 4.52. The average molecular weight is 411 g/mol. The van der Waals surface area contributed by atoms with Crippen molar-refractivity contribution < 1.29 is 4.79 Å². The number of nitrogens with two attached hydrogens (primary N) is 1. The van der Waals surface area contributed by atoms with Crippen LogP contribution in [0.5, 0.6) is 0 Å². The summed E-state index contributed by atoms with van der Waals surface area (Å²) in [5.74, 6) is 0.238. The summed E-state index contributed by atoms with van der Waals surface area (Å²) in [6, 6.07) is 20.1. The van der Waals surface area contributed by atoms with E-state index in [1.54, 1.807) is 0 Å². The minimum atomic E-state index is -0.0309. The fraction of sp³-hybridized carbons (Fsp3) is 0.304. The molecule has 0 bridgehead atoms. The number of nitrogens with zero attached hydrogens (tertiary/aromatic N) is 3. The maximum absolute atomic E-state index is 12.9. The van der Waals surface area contributed by atoms with E-state index in [9.17, 15) is 4.79 Å². The largest absolute Gasteiger partial charge is 0.336 e. The first-order valence-electron chi connectivity index (χ1n) is 9.71. The molecule has 29 heavy (non-hydrogen) atoms. The second-order valence-electron chi connectivity index (χ2n) is 7.67. The lowest BCUT2D eigenvalue weighted by Gasteiger charge is -2.17. The maximum atomic E-state index is 12.9. The van der Waals surface area contributed by atoms with E-state index < -0.39 is 0 Å². The third-order valence-electron chi connectivity index (χ3n) is 5.52. The molecule has 1 aliphatic heterocycles. The van der Waals surface area contributed by atoms with Gasteiger partial charge < -0.3 is 10.6 Å². The lowest BCUT2D eigenvalue weighted by Crippen LogP contribution is -2.32. The SMILES string of the molecule is Cc1cc(C)n(Cc2ccc(C(=O)N3C[C@@H](N)[C@H](c4ccccc4)C3)cc2)n1.Cl. The van der Waals surface area contributed by atoms with Gasteiger partial charge in [0.1, 0.15) is 0 Å². The van der Waals surface area contributed by atoms with E-state index in [1.165, 1.54) is 5.56 Å². The predicted octanol–water partition coefficient (Wildman–Crippen LogP) is 3.54. The van der Waals surface area contributed by atoms with E-state index in [-0.39, 0.29) is 30.3 Å². The molecule has 3 aromatic rings. The monoisotopic (exact) mass is 410 g/mol. The van der Waals surface area contributed by atoms with Crippen molar-refractivity contribution in [2.75, 3.05) is 13.1 Å². The molecule has 2 atom stereocenters. The molecular weight excluding hydrogens is 384 g/mol. The van der Waals surface area contributed by atoms with E-state index in [0.717, 1.165) is 17.0 Å². The van der Waals surface area contributed by atoms with Gasteiger partial charge in [-0.3, -0.25) is 9.48 Å². The topological polar surface area (TPSA) is 64.2 Å². The van der Waals surface area contributed by atoms with Gasteiger partial charge in [-0.05, 0) is 43.2 Å². The number of amides is 1. The second kappa shape index (κ2) is 8.80. The van der Waals surface area contributed by atoms with Crippen molar-refractivity contribution in [3.63, 3.8) is 0 Å². The molecule has 2 heterocycles. The average Bonchev–Trinajstić information content (AvgIpc) is 3.24. The molecular formula is C23H27ClN4O. The summed E-state index contributed by atoms with van der Waals surface area (Å²) in [7, 11) is 0. The Kier molecular flexibility index (Phi) is 6.40. The Morgan fingerprint density at radius 3 is 2.38 bits per heavy atom. The highest BCUT2D eigenvalue weighted by Gasteiger charge is 2.34. The molecule has 1 aromatic heterocycles. The van der Waals surface area contributed by atoms with Gasteiger partial charge in [0.2, 0.25) is 0 Å². The van der Waals surface area contributed by atoms with Crippen molar-refractivity contribution in [3.05, 3.63) is 88.7 Å². The summed E-state index contributed by atoms with van der Waals surface area (Å²) < 4.78 is 1.98. The van der Waals surface area contributed by atoms with Gasteiger partial charge >= 0.3 is 0 Å². The van der Waals surface area contributed by atoms with Crippen LogP contribution < -0.4 is 5.73 Å². The van der Waals surface area contributed by atoms with Gasteiger partial charge in [0.25, 0.3) is 5.91 Å². The molecule has 1 fully saturated rings. The number of rotatable bonds is 4. The molecule has 1 amide bonds. The highest BCUT2D eigenvalue weighted by Crippen LogP contribution is 2.27. The summed E-state index contributed by atoms with van der Waals surface area (Å²) >= 11 is 0. The summed E-state index contributed by atoms with van der Waals surface area (Å²) in [5, 5.41) is 4.50. The van der Waals surface area contributed by atoms with Gasteiger partial charge in [0.15, 0.2) is 0 Å². The Hall–Kier alpha value is -2.63. The number of carbonyl (C=O) groups is 1. The van der Waals surface area contributed by atoms with Crippen LogP contribution in [-0.4, -0.2) is 39.7 Å². The number of hydrogen-bond donors (Lipinski definition) is 1. The number of halogens is 1. The molecule has 2 aromatic carbocycles. The van der Waals surface area contributed by atoms with Crippen molar-refractivity contribution in [3.8, 4) is 0 Å². The van der Waals surface area contributed by atoms with E-state index >= 15 is 0 Å². The number of aromatic nitrogens is 2. The summed E-state index contributed by atoms with van der Waals surface area (Å²) in [6.45, 7) is 6.01. The standard InChI is InChI=1S/C23H26N4O.ClH/c1-16-12-17(2)27(25-16)13-18-8-10-20(11-9-18)23(28)26-14-21(22(24)15-26)19-6-4-3-5-7-19;/h3-12,21-22H,13-15,24H2,1-2H3;1H/t21-,22+;/m0./s1. The molecule has 0 spiro atoms. The van der Waals surface area contributed by atoms with Crippen molar-refractivity contribution >= 4 is 18.3 Å². The quantitative estimate of drug-likeness (QED) is 0.715. The zero-order chi connectivity index (χ0) is 19.7. The first kappa shape index (κ1) is 21.1. The molecule has 0 radical (unpaired) electrons. The lowest BCUT2D eigenvalue weighted by molar-refractivity contribution is 0.0789. The number of benzene rings is 2. The first-order valence-corrected chi connectivity index (χ1v) is 9.71. The van der Waals surface area contributed by atoms with Crippen LogP contribution >= 0.6 is 12.4 Å². The molecule has 6 heteroatoms. The zero-order valence-corrected chi connectivity index (χ0v) is 17.6.